The Labute approximate surface area is 96.8 Å². The normalized spacial score (nSPS) is 11.2. The maximum absolute atomic E-state index is 11.8. The summed E-state index contributed by atoms with van der Waals surface area (Å²) in [5.74, 6) is 0.877. The number of hydrogen-bond acceptors (Lipinski definition) is 3. The predicted molar refractivity (Wildman–Crippen MR) is 63.6 cm³/mol. The molecular weight excluding hydrogens is 202 g/mol. The molecule has 0 aliphatic carbocycles. The van der Waals surface area contributed by atoms with E-state index in [2.05, 4.69) is 4.98 Å². The number of aryl methyl sites for hydroxylation is 1. The van der Waals surface area contributed by atoms with Crippen LogP contribution in [-0.2, 0) is 11.2 Å². The van der Waals surface area contributed by atoms with Crippen molar-refractivity contribution < 1.29 is 9.53 Å². The number of hydrogen-bond donors (Lipinski definition) is 0. The van der Waals surface area contributed by atoms with Crippen LogP contribution in [0.2, 0.25) is 0 Å². The number of rotatable bonds is 4. The Morgan fingerprint density at radius 2 is 2.12 bits per heavy atom. The predicted octanol–water partition coefficient (Wildman–Crippen LogP) is 2.64. The molecule has 3 nitrogen and oxygen atoms in total. The molecule has 0 atom stereocenters. The van der Waals surface area contributed by atoms with Crippen LogP contribution >= 0.6 is 0 Å². The SMILES string of the molecule is COc1ncccc1CCC(=O)C(C)(C)C. The lowest BCUT2D eigenvalue weighted by atomic mass is 9.87. The zero-order chi connectivity index (χ0) is 12.2. The average Bonchev–Trinajstić information content (AvgIpc) is 2.24. The fraction of sp³-hybridized carbons (Fsp3) is 0.538. The Hall–Kier alpha value is -1.38. The van der Waals surface area contributed by atoms with E-state index in [-0.39, 0.29) is 11.2 Å². The molecule has 3 heteroatoms. The van der Waals surface area contributed by atoms with E-state index >= 15 is 0 Å². The summed E-state index contributed by atoms with van der Waals surface area (Å²) in [5, 5.41) is 0. The maximum Gasteiger partial charge on any atom is 0.216 e. The molecule has 0 bridgehead atoms. The Kier molecular flexibility index (Phi) is 4.05. The highest BCUT2D eigenvalue weighted by Gasteiger charge is 2.20. The lowest BCUT2D eigenvalue weighted by Gasteiger charge is -2.16. The molecule has 0 saturated heterocycles. The summed E-state index contributed by atoms with van der Waals surface area (Å²) >= 11 is 0. The molecule has 0 amide bonds. The van der Waals surface area contributed by atoms with Crippen molar-refractivity contribution in [2.24, 2.45) is 5.41 Å². The van der Waals surface area contributed by atoms with Crippen LogP contribution in [0.15, 0.2) is 18.3 Å². The third-order valence-electron chi connectivity index (χ3n) is 2.50. The molecule has 1 rings (SSSR count). The van der Waals surface area contributed by atoms with Crippen molar-refractivity contribution >= 4 is 5.78 Å². The van der Waals surface area contributed by atoms with Gasteiger partial charge in [0.2, 0.25) is 5.88 Å². The van der Waals surface area contributed by atoms with E-state index in [1.807, 2.05) is 32.9 Å². The van der Waals surface area contributed by atoms with Gasteiger partial charge in [0.1, 0.15) is 5.78 Å². The van der Waals surface area contributed by atoms with Crippen molar-refractivity contribution in [3.8, 4) is 5.88 Å². The average molecular weight is 221 g/mol. The van der Waals surface area contributed by atoms with E-state index in [9.17, 15) is 4.79 Å². The van der Waals surface area contributed by atoms with Crippen LogP contribution in [0, 0.1) is 5.41 Å². The molecule has 1 heterocycles. The molecule has 0 aliphatic heterocycles. The molecule has 1 aromatic heterocycles. The van der Waals surface area contributed by atoms with E-state index in [4.69, 9.17) is 4.74 Å². The fourth-order valence-electron chi connectivity index (χ4n) is 1.42. The molecule has 0 aliphatic rings. The first-order valence-corrected chi connectivity index (χ1v) is 5.46. The van der Waals surface area contributed by atoms with Crippen LogP contribution in [0.4, 0.5) is 0 Å². The molecular formula is C13H19NO2. The van der Waals surface area contributed by atoms with E-state index < -0.39 is 0 Å². The van der Waals surface area contributed by atoms with Crippen molar-refractivity contribution in [1.82, 2.24) is 4.98 Å². The Morgan fingerprint density at radius 3 is 2.69 bits per heavy atom. The highest BCUT2D eigenvalue weighted by Crippen LogP contribution is 2.21. The van der Waals surface area contributed by atoms with E-state index in [1.54, 1.807) is 13.3 Å². The van der Waals surface area contributed by atoms with Crippen LogP contribution in [0.1, 0.15) is 32.8 Å². The van der Waals surface area contributed by atoms with E-state index in [0.717, 1.165) is 5.56 Å². The molecule has 0 radical (unpaired) electrons. The van der Waals surface area contributed by atoms with Gasteiger partial charge < -0.3 is 4.74 Å². The summed E-state index contributed by atoms with van der Waals surface area (Å²) in [5.41, 5.74) is 0.720. The third kappa shape index (κ3) is 3.33. The maximum atomic E-state index is 11.8. The highest BCUT2D eigenvalue weighted by atomic mass is 16.5. The van der Waals surface area contributed by atoms with Crippen LogP contribution in [0.3, 0.4) is 0 Å². The largest absolute Gasteiger partial charge is 0.481 e. The van der Waals surface area contributed by atoms with Crippen LogP contribution < -0.4 is 4.74 Å². The van der Waals surface area contributed by atoms with Gasteiger partial charge in [0.25, 0.3) is 0 Å². The smallest absolute Gasteiger partial charge is 0.216 e. The second-order valence-corrected chi connectivity index (χ2v) is 4.84. The second kappa shape index (κ2) is 5.10. The lowest BCUT2D eigenvalue weighted by Crippen LogP contribution is -2.20. The topological polar surface area (TPSA) is 39.2 Å². The van der Waals surface area contributed by atoms with Gasteiger partial charge in [-0.3, -0.25) is 4.79 Å². The minimum Gasteiger partial charge on any atom is -0.481 e. The molecule has 0 fully saturated rings. The zero-order valence-corrected chi connectivity index (χ0v) is 10.4. The molecule has 0 saturated carbocycles. The summed E-state index contributed by atoms with van der Waals surface area (Å²) in [4.78, 5) is 15.9. The second-order valence-electron chi connectivity index (χ2n) is 4.84. The molecule has 0 unspecified atom stereocenters. The van der Waals surface area contributed by atoms with Crippen molar-refractivity contribution in [3.63, 3.8) is 0 Å². The molecule has 88 valence electrons. The van der Waals surface area contributed by atoms with Gasteiger partial charge in [-0.25, -0.2) is 4.98 Å². The summed E-state index contributed by atoms with van der Waals surface area (Å²) in [6.07, 6.45) is 2.91. The third-order valence-corrected chi connectivity index (χ3v) is 2.50. The minimum absolute atomic E-state index is 0.262. The number of ether oxygens (including phenoxy) is 1. The van der Waals surface area contributed by atoms with Gasteiger partial charge in [-0.05, 0) is 12.5 Å². The first-order valence-electron chi connectivity index (χ1n) is 5.46. The monoisotopic (exact) mass is 221 g/mol. The molecule has 16 heavy (non-hydrogen) atoms. The Bertz CT molecular complexity index is 366. The Balaban J connectivity index is 2.65. The van der Waals surface area contributed by atoms with Crippen LogP contribution in [0.25, 0.3) is 0 Å². The Morgan fingerprint density at radius 1 is 1.44 bits per heavy atom. The van der Waals surface area contributed by atoms with Crippen molar-refractivity contribution in [3.05, 3.63) is 23.9 Å². The molecule has 0 N–H and O–H groups in total. The van der Waals surface area contributed by atoms with E-state index in [1.165, 1.54) is 0 Å². The van der Waals surface area contributed by atoms with Gasteiger partial charge in [-0.1, -0.05) is 26.8 Å². The summed E-state index contributed by atoms with van der Waals surface area (Å²) < 4.78 is 5.14. The van der Waals surface area contributed by atoms with Gasteiger partial charge in [-0.2, -0.15) is 0 Å². The zero-order valence-electron chi connectivity index (χ0n) is 10.4. The van der Waals surface area contributed by atoms with Gasteiger partial charge >= 0.3 is 0 Å². The number of carbonyl (C=O) groups is 1. The van der Waals surface area contributed by atoms with Crippen LogP contribution in [0.5, 0.6) is 5.88 Å². The first kappa shape index (κ1) is 12.7. The number of methoxy groups -OCH3 is 1. The minimum atomic E-state index is -0.268. The molecule has 0 spiro atoms. The standard InChI is InChI=1S/C13H19NO2/c1-13(2,3)11(15)8-7-10-6-5-9-14-12(10)16-4/h5-6,9H,7-8H2,1-4H3. The van der Waals surface area contributed by atoms with Crippen molar-refractivity contribution in [2.75, 3.05) is 7.11 Å². The van der Waals surface area contributed by atoms with Gasteiger partial charge in [-0.15, -0.1) is 0 Å². The fourth-order valence-corrected chi connectivity index (χ4v) is 1.42. The van der Waals surface area contributed by atoms with Crippen LogP contribution in [-0.4, -0.2) is 17.9 Å². The van der Waals surface area contributed by atoms with Gasteiger partial charge in [0, 0.05) is 23.6 Å². The van der Waals surface area contributed by atoms with Gasteiger partial charge in [0.05, 0.1) is 7.11 Å². The number of pyridine rings is 1. The van der Waals surface area contributed by atoms with Gasteiger partial charge in [0.15, 0.2) is 0 Å². The number of nitrogens with zero attached hydrogens (tertiary/aromatic N) is 1. The van der Waals surface area contributed by atoms with Crippen molar-refractivity contribution in [2.45, 2.75) is 33.6 Å². The van der Waals surface area contributed by atoms with E-state index in [0.29, 0.717) is 18.7 Å². The number of ketones is 1. The number of aromatic nitrogens is 1. The summed E-state index contributed by atoms with van der Waals surface area (Å²) in [6.45, 7) is 5.82. The first-order chi connectivity index (χ1) is 7.45. The summed E-state index contributed by atoms with van der Waals surface area (Å²) in [7, 11) is 1.59. The molecule has 1 aromatic rings. The molecule has 0 aromatic carbocycles. The number of Topliss-reactive ketones (excluding diaryl/α,β-unsaturated/α-hetero) is 1. The van der Waals surface area contributed by atoms with Crippen molar-refractivity contribution in [1.29, 1.82) is 0 Å². The highest BCUT2D eigenvalue weighted by molar-refractivity contribution is 5.83. The lowest BCUT2D eigenvalue weighted by molar-refractivity contribution is -0.126. The summed E-state index contributed by atoms with van der Waals surface area (Å²) in [6, 6.07) is 3.81. The number of carbonyl (C=O) groups excluding carboxylic acids is 1. The quantitative estimate of drug-likeness (QED) is 0.784.